The largest absolute Gasteiger partial charge is 0.369 e. The van der Waals surface area contributed by atoms with Gasteiger partial charge in [-0.05, 0) is 35.9 Å². The summed E-state index contributed by atoms with van der Waals surface area (Å²) in [5, 5.41) is 3.47. The van der Waals surface area contributed by atoms with E-state index < -0.39 is 0 Å². The molecular formula is C19H15N7. The zero-order chi connectivity index (χ0) is 17.3. The van der Waals surface area contributed by atoms with Gasteiger partial charge in [0.25, 0.3) is 5.62 Å². The highest BCUT2D eigenvalue weighted by atomic mass is 15.2. The molecule has 26 heavy (non-hydrogen) atoms. The minimum absolute atomic E-state index is 0.446. The Morgan fingerprint density at radius 2 is 1.73 bits per heavy atom. The lowest BCUT2D eigenvalue weighted by atomic mass is 10.0. The Balaban J connectivity index is 1.72. The molecule has 2 aromatic heterocycles. The van der Waals surface area contributed by atoms with Gasteiger partial charge in [0.15, 0.2) is 0 Å². The van der Waals surface area contributed by atoms with Gasteiger partial charge in [-0.15, -0.1) is 0 Å². The summed E-state index contributed by atoms with van der Waals surface area (Å²) in [5.41, 5.74) is 4.46. The van der Waals surface area contributed by atoms with E-state index in [0.717, 1.165) is 47.1 Å². The molecule has 0 unspecified atom stereocenters. The molecule has 7 nitrogen and oxygen atoms in total. The van der Waals surface area contributed by atoms with Crippen molar-refractivity contribution in [2.75, 3.05) is 11.9 Å². The van der Waals surface area contributed by atoms with Crippen LogP contribution in [-0.2, 0) is 6.54 Å². The molecule has 0 bridgehead atoms. The first-order valence-electron chi connectivity index (χ1n) is 8.38. The molecule has 0 fully saturated rings. The standard InChI is InChI=1S/C19H15N7/c1-5-20-6-2-13(1)16-11-14-12-23-19(24-15-3-7-21-8-4-15)25-17(14)26-10-9-22-18(16)26/h1-8,11-12,22H,9-10H2. The summed E-state index contributed by atoms with van der Waals surface area (Å²) in [6.07, 6.45) is 8.85. The van der Waals surface area contributed by atoms with Crippen molar-refractivity contribution in [2.24, 2.45) is 4.99 Å². The van der Waals surface area contributed by atoms with Crippen LogP contribution in [0, 0.1) is 0 Å². The number of aromatic nitrogens is 5. The fourth-order valence-corrected chi connectivity index (χ4v) is 3.20. The second-order valence-electron chi connectivity index (χ2n) is 5.99. The van der Waals surface area contributed by atoms with Crippen molar-refractivity contribution in [3.05, 3.63) is 66.9 Å². The Morgan fingerprint density at radius 3 is 2.54 bits per heavy atom. The fraction of sp³-hybridized carbons (Fsp3) is 0.105. The minimum Gasteiger partial charge on any atom is -0.369 e. The van der Waals surface area contributed by atoms with E-state index in [9.17, 15) is 0 Å². The lowest BCUT2D eigenvalue weighted by molar-refractivity contribution is 0.780. The number of nitrogens with zero attached hydrogens (tertiary/aromatic N) is 6. The SMILES string of the molecule is c1cc(N=c2ncc3cc(-c4ccncc4)c4n(c-3n2)CCN4)ccn1. The summed E-state index contributed by atoms with van der Waals surface area (Å²) in [7, 11) is 0. The molecule has 5 heterocycles. The van der Waals surface area contributed by atoms with Crippen LogP contribution >= 0.6 is 0 Å². The van der Waals surface area contributed by atoms with Crippen molar-refractivity contribution >= 4 is 11.5 Å². The topological polar surface area (TPSA) is 80.9 Å². The smallest absolute Gasteiger partial charge is 0.251 e. The number of hydrogen-bond acceptors (Lipinski definition) is 6. The molecule has 126 valence electrons. The van der Waals surface area contributed by atoms with E-state index in [1.807, 2.05) is 30.5 Å². The molecule has 0 spiro atoms. The predicted octanol–water partition coefficient (Wildman–Crippen LogP) is 2.50. The van der Waals surface area contributed by atoms with E-state index in [2.05, 4.69) is 40.9 Å². The van der Waals surface area contributed by atoms with Crippen molar-refractivity contribution in [1.29, 1.82) is 0 Å². The number of rotatable bonds is 2. The van der Waals surface area contributed by atoms with Gasteiger partial charge < -0.3 is 9.88 Å². The summed E-state index contributed by atoms with van der Waals surface area (Å²) in [6, 6.07) is 9.80. The molecule has 0 saturated heterocycles. The number of pyridine rings is 3. The second kappa shape index (κ2) is 6.03. The van der Waals surface area contributed by atoms with E-state index >= 15 is 0 Å². The molecular weight excluding hydrogens is 326 g/mol. The van der Waals surface area contributed by atoms with Gasteiger partial charge in [-0.1, -0.05) is 0 Å². The van der Waals surface area contributed by atoms with E-state index in [1.165, 1.54) is 0 Å². The van der Waals surface area contributed by atoms with Crippen LogP contribution in [0.25, 0.3) is 22.5 Å². The first-order chi connectivity index (χ1) is 12.9. The average molecular weight is 341 g/mol. The molecule has 3 aliphatic rings. The third kappa shape index (κ3) is 2.50. The van der Waals surface area contributed by atoms with Gasteiger partial charge in [0, 0.05) is 55.2 Å². The molecule has 0 aliphatic carbocycles. The van der Waals surface area contributed by atoms with Crippen LogP contribution in [0.5, 0.6) is 0 Å². The predicted molar refractivity (Wildman–Crippen MR) is 97.8 cm³/mol. The van der Waals surface area contributed by atoms with Crippen LogP contribution in [0.4, 0.5) is 11.5 Å². The third-order valence-electron chi connectivity index (χ3n) is 4.37. The van der Waals surface area contributed by atoms with Gasteiger partial charge in [0.05, 0.1) is 5.69 Å². The van der Waals surface area contributed by atoms with Crippen molar-refractivity contribution in [1.82, 2.24) is 24.5 Å². The molecule has 5 rings (SSSR count). The van der Waals surface area contributed by atoms with Gasteiger partial charge in [-0.3, -0.25) is 9.97 Å². The van der Waals surface area contributed by atoms with E-state index in [4.69, 9.17) is 0 Å². The molecule has 0 atom stereocenters. The Hall–Kier alpha value is -3.61. The van der Waals surface area contributed by atoms with Crippen molar-refractivity contribution in [3.8, 4) is 22.5 Å². The molecule has 0 amide bonds. The Labute approximate surface area is 149 Å². The zero-order valence-corrected chi connectivity index (χ0v) is 13.9. The molecule has 0 saturated carbocycles. The lowest BCUT2D eigenvalue weighted by Crippen LogP contribution is -2.17. The summed E-state index contributed by atoms with van der Waals surface area (Å²) >= 11 is 0. The van der Waals surface area contributed by atoms with Crippen LogP contribution in [0.1, 0.15) is 0 Å². The van der Waals surface area contributed by atoms with Gasteiger partial charge >= 0.3 is 0 Å². The minimum atomic E-state index is 0.446. The maximum atomic E-state index is 4.69. The maximum Gasteiger partial charge on any atom is 0.251 e. The molecule has 2 aromatic rings. The van der Waals surface area contributed by atoms with Crippen LogP contribution in [-0.4, -0.2) is 31.0 Å². The molecule has 7 heteroatoms. The zero-order valence-electron chi connectivity index (χ0n) is 13.9. The van der Waals surface area contributed by atoms with Crippen LogP contribution in [0.15, 0.2) is 66.3 Å². The Bertz CT molecular complexity index is 1100. The molecule has 3 aliphatic heterocycles. The van der Waals surface area contributed by atoms with Gasteiger partial charge in [-0.2, -0.15) is 4.98 Å². The fourth-order valence-electron chi connectivity index (χ4n) is 3.20. The normalized spacial score (nSPS) is 13.6. The van der Waals surface area contributed by atoms with Crippen LogP contribution < -0.4 is 10.9 Å². The van der Waals surface area contributed by atoms with Crippen molar-refractivity contribution in [2.45, 2.75) is 6.54 Å². The molecule has 0 aromatic carbocycles. The maximum absolute atomic E-state index is 4.69. The quantitative estimate of drug-likeness (QED) is 0.606. The summed E-state index contributed by atoms with van der Waals surface area (Å²) in [4.78, 5) is 21.7. The number of fused-ring (bicyclic) bond motifs is 3. The highest BCUT2D eigenvalue weighted by molar-refractivity contribution is 5.82. The molecule has 1 N–H and O–H groups in total. The second-order valence-corrected chi connectivity index (χ2v) is 5.99. The number of anilines is 1. The number of nitrogens with one attached hydrogen (secondary N) is 1. The van der Waals surface area contributed by atoms with Crippen LogP contribution in [0.2, 0.25) is 0 Å². The third-order valence-corrected chi connectivity index (χ3v) is 4.37. The Kier molecular flexibility index (Phi) is 3.41. The van der Waals surface area contributed by atoms with E-state index in [0.29, 0.717) is 5.62 Å². The van der Waals surface area contributed by atoms with Gasteiger partial charge in [0.2, 0.25) is 0 Å². The first-order valence-corrected chi connectivity index (χ1v) is 8.38. The monoisotopic (exact) mass is 341 g/mol. The van der Waals surface area contributed by atoms with Gasteiger partial charge in [0.1, 0.15) is 11.6 Å². The van der Waals surface area contributed by atoms with E-state index in [-0.39, 0.29) is 0 Å². The van der Waals surface area contributed by atoms with Gasteiger partial charge in [-0.25, -0.2) is 9.98 Å². The van der Waals surface area contributed by atoms with Crippen molar-refractivity contribution in [3.63, 3.8) is 0 Å². The Morgan fingerprint density at radius 1 is 0.962 bits per heavy atom. The highest BCUT2D eigenvalue weighted by Gasteiger charge is 2.21. The summed E-state index contributed by atoms with van der Waals surface area (Å²) in [5.74, 6) is 1.95. The van der Waals surface area contributed by atoms with Crippen LogP contribution in [0.3, 0.4) is 0 Å². The van der Waals surface area contributed by atoms with Crippen molar-refractivity contribution < 1.29 is 0 Å². The average Bonchev–Trinajstić information content (AvgIpc) is 3.19. The summed E-state index contributed by atoms with van der Waals surface area (Å²) < 4.78 is 2.19. The van der Waals surface area contributed by atoms with E-state index in [1.54, 1.807) is 24.8 Å². The molecule has 0 radical (unpaired) electrons. The number of hydrogen-bond donors (Lipinski definition) is 1. The highest BCUT2D eigenvalue weighted by Crippen LogP contribution is 2.36. The first kappa shape index (κ1) is 14.7. The summed E-state index contributed by atoms with van der Waals surface area (Å²) in [6.45, 7) is 1.73. The lowest BCUT2D eigenvalue weighted by Gasteiger charge is -2.16.